The molecule has 0 saturated heterocycles. The molecule has 0 heterocycles. The number of alkyl halides is 7. The predicted molar refractivity (Wildman–Crippen MR) is 57.0 cm³/mol. The van der Waals surface area contributed by atoms with E-state index in [0.717, 1.165) is 12.1 Å². The van der Waals surface area contributed by atoms with Gasteiger partial charge in [0.05, 0.1) is 6.10 Å². The highest BCUT2D eigenvalue weighted by atomic mass is 35.5. The minimum absolute atomic E-state index is 0.0208. The minimum atomic E-state index is -6.41. The van der Waals surface area contributed by atoms with Gasteiger partial charge in [-0.1, -0.05) is 23.7 Å². The Morgan fingerprint density at radius 2 is 1.60 bits per heavy atom. The van der Waals surface area contributed by atoms with E-state index in [9.17, 15) is 35.8 Å². The maximum absolute atomic E-state index is 13.1. The van der Waals surface area contributed by atoms with Crippen LogP contribution in [0.3, 0.4) is 0 Å². The smallest absolute Gasteiger partial charge is 0.388 e. The highest BCUT2D eigenvalue weighted by Crippen LogP contribution is 2.49. The summed E-state index contributed by atoms with van der Waals surface area (Å²) in [6.45, 7) is 0. The second kappa shape index (κ2) is 5.40. The highest BCUT2D eigenvalue weighted by Gasteiger charge is 2.72. The topological polar surface area (TPSA) is 20.2 Å². The van der Waals surface area contributed by atoms with Gasteiger partial charge in [-0.2, -0.15) is 30.7 Å². The number of hydrogen-bond donors (Lipinski definition) is 1. The van der Waals surface area contributed by atoms with Crippen molar-refractivity contribution in [2.24, 2.45) is 0 Å². The molecule has 0 aliphatic rings. The van der Waals surface area contributed by atoms with Gasteiger partial charge >= 0.3 is 18.0 Å². The molecule has 9 heteroatoms. The van der Waals surface area contributed by atoms with Gasteiger partial charge in [-0.25, -0.2) is 0 Å². The van der Waals surface area contributed by atoms with Crippen LogP contribution in [0, 0.1) is 0 Å². The summed E-state index contributed by atoms with van der Waals surface area (Å²) in [5, 5.41) is 9.39. The van der Waals surface area contributed by atoms with E-state index in [2.05, 4.69) is 0 Å². The number of halogens is 8. The van der Waals surface area contributed by atoms with Crippen LogP contribution >= 0.6 is 11.6 Å². The standard InChI is InChI=1S/C11H8ClF7O/c12-7-3-1-2-6(4-7)8(20)5-9(13,14)10(15,16)11(17,18)19/h1-4,8,20H,5H2. The molecule has 0 amide bonds. The highest BCUT2D eigenvalue weighted by molar-refractivity contribution is 6.30. The number of aliphatic hydroxyl groups excluding tert-OH is 1. The molecule has 1 nitrogen and oxygen atoms in total. The van der Waals surface area contributed by atoms with Crippen molar-refractivity contribution in [2.75, 3.05) is 0 Å². The third kappa shape index (κ3) is 3.35. The molecule has 0 aliphatic carbocycles. The maximum atomic E-state index is 13.1. The molecule has 1 unspecified atom stereocenters. The Morgan fingerprint density at radius 3 is 2.05 bits per heavy atom. The zero-order chi connectivity index (χ0) is 15.8. The van der Waals surface area contributed by atoms with E-state index < -0.39 is 30.5 Å². The second-order valence-electron chi connectivity index (χ2n) is 4.05. The molecule has 1 N–H and O–H groups in total. The Hall–Kier alpha value is -1.02. The summed E-state index contributed by atoms with van der Waals surface area (Å²) in [5.41, 5.74) is -0.282. The van der Waals surface area contributed by atoms with Crippen molar-refractivity contribution in [3.63, 3.8) is 0 Å². The van der Waals surface area contributed by atoms with Gasteiger partial charge in [0, 0.05) is 11.4 Å². The quantitative estimate of drug-likeness (QED) is 0.803. The van der Waals surface area contributed by atoms with Gasteiger partial charge in [0.2, 0.25) is 0 Å². The third-order valence-electron chi connectivity index (χ3n) is 2.50. The monoisotopic (exact) mass is 324 g/mol. The van der Waals surface area contributed by atoms with Crippen LogP contribution in [-0.2, 0) is 0 Å². The SMILES string of the molecule is OC(CC(F)(F)C(F)(F)C(F)(F)F)c1cccc(Cl)c1. The summed E-state index contributed by atoms with van der Waals surface area (Å²) in [7, 11) is 0. The zero-order valence-electron chi connectivity index (χ0n) is 9.56. The van der Waals surface area contributed by atoms with E-state index in [0.29, 0.717) is 0 Å². The van der Waals surface area contributed by atoms with Crippen LogP contribution < -0.4 is 0 Å². The number of rotatable bonds is 4. The predicted octanol–water partition coefficient (Wildman–Crippen LogP) is 4.60. The van der Waals surface area contributed by atoms with Crippen molar-refractivity contribution in [1.82, 2.24) is 0 Å². The maximum Gasteiger partial charge on any atom is 0.459 e. The van der Waals surface area contributed by atoms with Gasteiger partial charge in [-0.15, -0.1) is 0 Å². The lowest BCUT2D eigenvalue weighted by atomic mass is 9.99. The molecule has 114 valence electrons. The van der Waals surface area contributed by atoms with Gasteiger partial charge in [-0.05, 0) is 17.7 Å². The Balaban J connectivity index is 2.96. The first-order valence-electron chi connectivity index (χ1n) is 5.14. The normalized spacial score (nSPS) is 15.2. The van der Waals surface area contributed by atoms with E-state index >= 15 is 0 Å². The Bertz CT molecular complexity index is 472. The fourth-order valence-electron chi connectivity index (χ4n) is 1.41. The summed E-state index contributed by atoms with van der Waals surface area (Å²) < 4.78 is 87.2. The van der Waals surface area contributed by atoms with E-state index in [-0.39, 0.29) is 10.6 Å². The molecule has 1 aromatic carbocycles. The number of aliphatic hydroxyl groups is 1. The first-order valence-corrected chi connectivity index (χ1v) is 5.52. The fourth-order valence-corrected chi connectivity index (χ4v) is 1.61. The van der Waals surface area contributed by atoms with E-state index in [1.54, 1.807) is 0 Å². The first-order chi connectivity index (χ1) is 8.88. The molecule has 0 aromatic heterocycles. The lowest BCUT2D eigenvalue weighted by molar-refractivity contribution is -0.358. The van der Waals surface area contributed by atoms with Crippen LogP contribution in [0.25, 0.3) is 0 Å². The lowest BCUT2D eigenvalue weighted by Crippen LogP contribution is -2.52. The first kappa shape index (κ1) is 17.0. The molecule has 0 radical (unpaired) electrons. The van der Waals surface area contributed by atoms with Crippen LogP contribution in [0.1, 0.15) is 18.1 Å². The second-order valence-corrected chi connectivity index (χ2v) is 4.49. The van der Waals surface area contributed by atoms with Crippen molar-refractivity contribution in [3.8, 4) is 0 Å². The minimum Gasteiger partial charge on any atom is -0.388 e. The Morgan fingerprint density at radius 1 is 1.05 bits per heavy atom. The molecular formula is C11H8ClF7O. The van der Waals surface area contributed by atoms with Crippen molar-refractivity contribution in [3.05, 3.63) is 34.9 Å². The summed E-state index contributed by atoms with van der Waals surface area (Å²) in [6, 6.07) is 4.63. The fraction of sp³-hybridized carbons (Fsp3) is 0.455. The Kier molecular flexibility index (Phi) is 4.60. The van der Waals surface area contributed by atoms with Gasteiger partial charge in [-0.3, -0.25) is 0 Å². The van der Waals surface area contributed by atoms with Crippen molar-refractivity contribution in [2.45, 2.75) is 30.5 Å². The summed E-state index contributed by atoms with van der Waals surface area (Å²) >= 11 is 5.50. The summed E-state index contributed by atoms with van der Waals surface area (Å²) in [4.78, 5) is 0. The molecule has 0 spiro atoms. The molecule has 1 rings (SSSR count). The molecule has 0 fully saturated rings. The average molecular weight is 325 g/mol. The van der Waals surface area contributed by atoms with Gasteiger partial charge < -0.3 is 5.11 Å². The largest absolute Gasteiger partial charge is 0.459 e. The van der Waals surface area contributed by atoms with Crippen LogP contribution in [0.4, 0.5) is 30.7 Å². The van der Waals surface area contributed by atoms with Crippen LogP contribution in [0.5, 0.6) is 0 Å². The van der Waals surface area contributed by atoms with E-state index in [1.165, 1.54) is 12.1 Å². The molecule has 20 heavy (non-hydrogen) atoms. The summed E-state index contributed by atoms with van der Waals surface area (Å²) in [6.07, 6.45) is -10.7. The van der Waals surface area contributed by atoms with E-state index in [1.807, 2.05) is 0 Å². The van der Waals surface area contributed by atoms with Crippen molar-refractivity contribution >= 4 is 11.6 Å². The number of hydrogen-bond acceptors (Lipinski definition) is 1. The van der Waals surface area contributed by atoms with Crippen LogP contribution in [0.2, 0.25) is 5.02 Å². The molecule has 1 aromatic rings. The van der Waals surface area contributed by atoms with Gasteiger partial charge in [0.1, 0.15) is 0 Å². The molecule has 0 aliphatic heterocycles. The van der Waals surface area contributed by atoms with Crippen molar-refractivity contribution < 1.29 is 35.8 Å². The average Bonchev–Trinajstić information content (AvgIpc) is 2.26. The molecular weight excluding hydrogens is 317 g/mol. The lowest BCUT2D eigenvalue weighted by Gasteiger charge is -2.29. The molecule has 0 bridgehead atoms. The Labute approximate surface area is 114 Å². The van der Waals surface area contributed by atoms with Gasteiger partial charge in [0.15, 0.2) is 0 Å². The van der Waals surface area contributed by atoms with E-state index in [4.69, 9.17) is 11.6 Å². The third-order valence-corrected chi connectivity index (χ3v) is 2.73. The number of benzene rings is 1. The van der Waals surface area contributed by atoms with Crippen LogP contribution in [0.15, 0.2) is 24.3 Å². The molecule has 0 saturated carbocycles. The van der Waals surface area contributed by atoms with Crippen molar-refractivity contribution in [1.29, 1.82) is 0 Å². The zero-order valence-corrected chi connectivity index (χ0v) is 10.3. The van der Waals surface area contributed by atoms with Gasteiger partial charge in [0.25, 0.3) is 0 Å². The molecule has 1 atom stereocenters. The summed E-state index contributed by atoms with van der Waals surface area (Å²) in [5.74, 6) is -11.7. The van der Waals surface area contributed by atoms with Crippen LogP contribution in [-0.4, -0.2) is 23.1 Å².